The second-order valence-corrected chi connectivity index (χ2v) is 7.95. The Labute approximate surface area is 164 Å². The number of benzene rings is 1. The second-order valence-electron chi connectivity index (χ2n) is 7.54. The third-order valence-corrected chi connectivity index (χ3v) is 6.18. The highest BCUT2D eigenvalue weighted by molar-refractivity contribution is 6.33. The van der Waals surface area contributed by atoms with Crippen LogP contribution in [0.4, 0.5) is 0 Å². The number of halogens is 1. The van der Waals surface area contributed by atoms with E-state index in [0.717, 1.165) is 6.42 Å². The summed E-state index contributed by atoms with van der Waals surface area (Å²) in [7, 11) is 0. The first-order chi connectivity index (χ1) is 13.1. The summed E-state index contributed by atoms with van der Waals surface area (Å²) in [6, 6.07) is 7.86. The van der Waals surface area contributed by atoms with Gasteiger partial charge < -0.3 is 9.26 Å². The van der Waals surface area contributed by atoms with Crippen LogP contribution in [0.15, 0.2) is 28.8 Å². The van der Waals surface area contributed by atoms with Crippen LogP contribution in [0.1, 0.15) is 48.2 Å². The number of esters is 1. The van der Waals surface area contributed by atoms with Crippen molar-refractivity contribution in [1.82, 2.24) is 10.1 Å². The van der Waals surface area contributed by atoms with Gasteiger partial charge in [-0.15, -0.1) is 0 Å². The highest BCUT2D eigenvalue weighted by Crippen LogP contribution is 2.33. The topological polar surface area (TPSA) is 55.6 Å². The molecule has 2 saturated heterocycles. The van der Waals surface area contributed by atoms with Gasteiger partial charge in [0.15, 0.2) is 0 Å². The van der Waals surface area contributed by atoms with Crippen molar-refractivity contribution in [3.05, 3.63) is 40.6 Å². The first-order valence-electron chi connectivity index (χ1n) is 9.77. The van der Waals surface area contributed by atoms with E-state index in [2.05, 4.69) is 10.1 Å². The van der Waals surface area contributed by atoms with Gasteiger partial charge in [0, 0.05) is 17.5 Å². The van der Waals surface area contributed by atoms with E-state index in [1.807, 2.05) is 18.2 Å². The quantitative estimate of drug-likeness (QED) is 0.709. The van der Waals surface area contributed by atoms with Crippen LogP contribution in [-0.4, -0.2) is 41.8 Å². The highest BCUT2D eigenvalue weighted by Gasteiger charge is 2.34. The van der Waals surface area contributed by atoms with E-state index in [4.69, 9.17) is 20.9 Å². The third kappa shape index (κ3) is 3.76. The summed E-state index contributed by atoms with van der Waals surface area (Å²) in [5.41, 5.74) is 1.50. The number of rotatable bonds is 4. The molecule has 2 aromatic rings. The molecule has 2 atom stereocenters. The van der Waals surface area contributed by atoms with Gasteiger partial charge >= 0.3 is 5.97 Å². The summed E-state index contributed by atoms with van der Waals surface area (Å²) in [6.45, 7) is 4.53. The van der Waals surface area contributed by atoms with Crippen molar-refractivity contribution in [1.29, 1.82) is 0 Å². The SMILES string of the molecule is Cc1onc(-c2ccccc2Cl)c1C(=O)OC[C@@H]1CCCN2CCCC[C@H]12. The Morgan fingerprint density at radius 3 is 2.93 bits per heavy atom. The van der Waals surface area contributed by atoms with E-state index in [1.54, 1.807) is 13.0 Å². The Bertz CT molecular complexity index is 818. The Morgan fingerprint density at radius 2 is 2.07 bits per heavy atom. The second kappa shape index (κ2) is 8.03. The number of hydrogen-bond acceptors (Lipinski definition) is 5. The van der Waals surface area contributed by atoms with Crippen LogP contribution >= 0.6 is 11.6 Å². The smallest absolute Gasteiger partial charge is 0.344 e. The van der Waals surface area contributed by atoms with Crippen molar-refractivity contribution < 1.29 is 14.1 Å². The molecule has 0 N–H and O–H groups in total. The molecule has 2 aliphatic heterocycles. The minimum absolute atomic E-state index is 0.374. The average Bonchev–Trinajstić information content (AvgIpc) is 3.07. The predicted molar refractivity (Wildman–Crippen MR) is 104 cm³/mol. The lowest BCUT2D eigenvalue weighted by Crippen LogP contribution is -2.49. The molecule has 27 heavy (non-hydrogen) atoms. The molecule has 0 unspecified atom stereocenters. The maximum atomic E-state index is 12.9. The molecule has 0 saturated carbocycles. The zero-order valence-electron chi connectivity index (χ0n) is 15.6. The van der Waals surface area contributed by atoms with Crippen LogP contribution in [0, 0.1) is 12.8 Å². The van der Waals surface area contributed by atoms with Crippen LogP contribution in [0.3, 0.4) is 0 Å². The van der Waals surface area contributed by atoms with Gasteiger partial charge in [-0.3, -0.25) is 4.90 Å². The van der Waals surface area contributed by atoms with Gasteiger partial charge in [0.25, 0.3) is 0 Å². The molecular weight excluding hydrogens is 364 g/mol. The largest absolute Gasteiger partial charge is 0.462 e. The van der Waals surface area contributed by atoms with Crippen molar-refractivity contribution in [2.24, 2.45) is 5.92 Å². The lowest BCUT2D eigenvalue weighted by molar-refractivity contribution is 0.00733. The molecule has 0 bridgehead atoms. The fraction of sp³-hybridized carbons (Fsp3) is 0.524. The van der Waals surface area contributed by atoms with Crippen LogP contribution < -0.4 is 0 Å². The molecule has 0 aliphatic carbocycles. The minimum Gasteiger partial charge on any atom is -0.462 e. The van der Waals surface area contributed by atoms with E-state index in [1.165, 1.54) is 38.8 Å². The first kappa shape index (κ1) is 18.5. The van der Waals surface area contributed by atoms with Gasteiger partial charge in [-0.2, -0.15) is 0 Å². The van der Waals surface area contributed by atoms with Gasteiger partial charge in [-0.1, -0.05) is 41.4 Å². The zero-order valence-corrected chi connectivity index (χ0v) is 16.4. The summed E-state index contributed by atoms with van der Waals surface area (Å²) >= 11 is 6.28. The van der Waals surface area contributed by atoms with Crippen LogP contribution in [-0.2, 0) is 4.74 Å². The number of carbonyl (C=O) groups excluding carboxylic acids is 1. The summed E-state index contributed by atoms with van der Waals surface area (Å²) in [5.74, 6) is 0.487. The maximum Gasteiger partial charge on any atom is 0.344 e. The Balaban J connectivity index is 1.49. The fourth-order valence-electron chi connectivity index (χ4n) is 4.48. The normalized spacial score (nSPS) is 23.0. The van der Waals surface area contributed by atoms with E-state index >= 15 is 0 Å². The number of hydrogen-bond donors (Lipinski definition) is 0. The molecule has 4 rings (SSSR count). The third-order valence-electron chi connectivity index (χ3n) is 5.85. The fourth-order valence-corrected chi connectivity index (χ4v) is 4.70. The standard InChI is InChI=1S/C21H25ClN2O3/c1-14-19(20(23-27-14)16-8-2-3-9-17(16)22)21(25)26-13-15-7-6-12-24-11-5-4-10-18(15)24/h2-3,8-9,15,18H,4-7,10-13H2,1H3/t15-,18+/m0/s1. The number of aromatic nitrogens is 1. The Hall–Kier alpha value is -1.85. The zero-order chi connectivity index (χ0) is 18.8. The number of piperidine rings is 2. The molecule has 2 fully saturated rings. The Kier molecular flexibility index (Phi) is 5.50. The van der Waals surface area contributed by atoms with Crippen LogP contribution in [0.5, 0.6) is 0 Å². The molecule has 0 amide bonds. The van der Waals surface area contributed by atoms with Crippen molar-refractivity contribution in [2.45, 2.75) is 45.1 Å². The van der Waals surface area contributed by atoms with Crippen molar-refractivity contribution in [3.8, 4) is 11.3 Å². The van der Waals surface area contributed by atoms with Gasteiger partial charge in [-0.25, -0.2) is 4.79 Å². The van der Waals surface area contributed by atoms with E-state index in [-0.39, 0.29) is 5.97 Å². The molecule has 0 radical (unpaired) electrons. The predicted octanol–water partition coefficient (Wildman–Crippen LogP) is 4.72. The molecular formula is C21H25ClN2O3. The molecule has 5 nitrogen and oxygen atoms in total. The van der Waals surface area contributed by atoms with Crippen molar-refractivity contribution >= 4 is 17.6 Å². The molecule has 1 aromatic heterocycles. The monoisotopic (exact) mass is 388 g/mol. The molecule has 3 heterocycles. The van der Waals surface area contributed by atoms with Crippen molar-refractivity contribution in [2.75, 3.05) is 19.7 Å². The summed E-state index contributed by atoms with van der Waals surface area (Å²) in [4.78, 5) is 15.4. The van der Waals surface area contributed by atoms with Gasteiger partial charge in [0.1, 0.15) is 17.0 Å². The van der Waals surface area contributed by atoms with Crippen LogP contribution in [0.2, 0.25) is 5.02 Å². The Morgan fingerprint density at radius 1 is 1.26 bits per heavy atom. The first-order valence-corrected chi connectivity index (χ1v) is 10.2. The molecule has 0 spiro atoms. The van der Waals surface area contributed by atoms with Gasteiger partial charge in [0.2, 0.25) is 0 Å². The van der Waals surface area contributed by atoms with Gasteiger partial charge in [0.05, 0.1) is 11.6 Å². The number of carbonyl (C=O) groups is 1. The summed E-state index contributed by atoms with van der Waals surface area (Å²) < 4.78 is 11.0. The number of ether oxygens (including phenoxy) is 1. The lowest BCUT2D eigenvalue weighted by Gasteiger charge is -2.44. The summed E-state index contributed by atoms with van der Waals surface area (Å²) in [6.07, 6.45) is 6.06. The molecule has 1 aromatic carbocycles. The lowest BCUT2D eigenvalue weighted by atomic mass is 9.84. The number of fused-ring (bicyclic) bond motifs is 1. The van der Waals surface area contributed by atoms with E-state index in [9.17, 15) is 4.79 Å². The van der Waals surface area contributed by atoms with E-state index in [0.29, 0.717) is 46.2 Å². The minimum atomic E-state index is -0.378. The number of aryl methyl sites for hydroxylation is 1. The van der Waals surface area contributed by atoms with Crippen LogP contribution in [0.25, 0.3) is 11.3 Å². The highest BCUT2D eigenvalue weighted by atomic mass is 35.5. The van der Waals surface area contributed by atoms with Gasteiger partial charge in [-0.05, 0) is 51.8 Å². The van der Waals surface area contributed by atoms with E-state index < -0.39 is 0 Å². The summed E-state index contributed by atoms with van der Waals surface area (Å²) in [5, 5.41) is 4.59. The maximum absolute atomic E-state index is 12.9. The molecule has 144 valence electrons. The molecule has 6 heteroatoms. The number of nitrogens with zero attached hydrogens (tertiary/aromatic N) is 2. The average molecular weight is 389 g/mol. The van der Waals surface area contributed by atoms with Crippen molar-refractivity contribution in [3.63, 3.8) is 0 Å². The molecule has 2 aliphatic rings.